The van der Waals surface area contributed by atoms with E-state index in [1.807, 2.05) is 24.3 Å². The molecule has 0 radical (unpaired) electrons. The number of nitrogens with two attached hydrogens (primary N) is 3. The number of H-pyrrole nitrogens is 1. The summed E-state index contributed by atoms with van der Waals surface area (Å²) in [7, 11) is 0. The summed E-state index contributed by atoms with van der Waals surface area (Å²) in [6, 6.07) is 25.3. The Bertz CT molecular complexity index is 1850. The maximum Gasteiger partial charge on any atom is 0.328 e. The summed E-state index contributed by atoms with van der Waals surface area (Å²) in [6.07, 6.45) is 6.72. The van der Waals surface area contributed by atoms with E-state index in [0.29, 0.717) is 30.2 Å². The predicted molar refractivity (Wildman–Crippen MR) is 202 cm³/mol. The van der Waals surface area contributed by atoms with E-state index < -0.39 is 0 Å². The minimum absolute atomic E-state index is 0.196. The van der Waals surface area contributed by atoms with Crippen molar-refractivity contribution in [1.29, 1.82) is 0 Å². The van der Waals surface area contributed by atoms with Crippen LogP contribution in [-0.4, -0.2) is 57.2 Å². The van der Waals surface area contributed by atoms with Crippen molar-refractivity contribution in [3.05, 3.63) is 106 Å². The lowest BCUT2D eigenvalue weighted by Gasteiger charge is -2.32. The van der Waals surface area contributed by atoms with Crippen molar-refractivity contribution in [2.24, 2.45) is 0 Å². The van der Waals surface area contributed by atoms with E-state index in [2.05, 4.69) is 80.6 Å². The lowest BCUT2D eigenvalue weighted by Crippen LogP contribution is -2.32. The molecule has 2 aliphatic rings. The number of aromatic amines is 1. The summed E-state index contributed by atoms with van der Waals surface area (Å²) in [6.45, 7) is 8.35. The Morgan fingerprint density at radius 1 is 0.760 bits per heavy atom. The number of anilines is 3. The first-order valence-electron chi connectivity index (χ1n) is 18.0. The predicted octanol–water partition coefficient (Wildman–Crippen LogP) is 5.63. The molecule has 2 saturated heterocycles. The molecule has 0 spiro atoms. The van der Waals surface area contributed by atoms with Crippen LogP contribution in [0.15, 0.2) is 77.6 Å². The maximum atomic E-state index is 12.7. The maximum absolute atomic E-state index is 12.7. The molecule has 11 nitrogen and oxygen atoms in total. The number of imidazole rings is 1. The van der Waals surface area contributed by atoms with Crippen molar-refractivity contribution in [3.63, 3.8) is 0 Å². The summed E-state index contributed by atoms with van der Waals surface area (Å²) in [5.41, 5.74) is 25.0. The van der Waals surface area contributed by atoms with E-state index in [9.17, 15) is 4.79 Å². The summed E-state index contributed by atoms with van der Waals surface area (Å²) in [5, 5.41) is 3.37. The molecule has 0 unspecified atom stereocenters. The van der Waals surface area contributed by atoms with E-state index in [1.54, 1.807) is 4.57 Å². The molecule has 0 aliphatic carbocycles. The number of benzene rings is 3. The van der Waals surface area contributed by atoms with Gasteiger partial charge in [-0.15, -0.1) is 0 Å². The Balaban J connectivity index is 0.000000278. The van der Waals surface area contributed by atoms with Gasteiger partial charge in [0, 0.05) is 17.9 Å². The molecule has 2 aliphatic heterocycles. The summed E-state index contributed by atoms with van der Waals surface area (Å²) >= 11 is 0. The first-order chi connectivity index (χ1) is 24.4. The minimum Gasteiger partial charge on any atom is -0.463 e. The number of hydrogen-bond acceptors (Lipinski definition) is 9. The number of ether oxygens (including phenoxy) is 1. The Kier molecular flexibility index (Phi) is 11.7. The third-order valence-electron chi connectivity index (χ3n) is 9.87. The fourth-order valence-corrected chi connectivity index (χ4v) is 6.86. The fraction of sp³-hybridized carbons (Fsp3) is 0.410. The van der Waals surface area contributed by atoms with Gasteiger partial charge in [0.2, 0.25) is 0 Å². The second-order valence-electron chi connectivity index (χ2n) is 13.5. The molecule has 264 valence electrons. The number of aromatic nitrogens is 4. The van der Waals surface area contributed by atoms with Gasteiger partial charge < -0.3 is 32.2 Å². The molecule has 8 N–H and O–H groups in total. The third kappa shape index (κ3) is 9.02. The molecule has 11 heteroatoms. The van der Waals surface area contributed by atoms with Crippen LogP contribution >= 0.6 is 0 Å². The van der Waals surface area contributed by atoms with Crippen molar-refractivity contribution in [3.8, 4) is 6.01 Å². The normalized spacial score (nSPS) is 15.9. The van der Waals surface area contributed by atoms with Crippen molar-refractivity contribution in [2.75, 3.05) is 50.0 Å². The topological polar surface area (TPSA) is 166 Å². The third-order valence-corrected chi connectivity index (χ3v) is 9.87. The molecule has 5 aromatic rings. The van der Waals surface area contributed by atoms with Crippen LogP contribution in [0.3, 0.4) is 0 Å². The van der Waals surface area contributed by atoms with Gasteiger partial charge in [-0.05, 0) is 117 Å². The second-order valence-corrected chi connectivity index (χ2v) is 13.5. The quantitative estimate of drug-likeness (QED) is 0.0931. The molecule has 4 heterocycles. The Morgan fingerprint density at radius 3 is 1.90 bits per heavy atom. The number of likely N-dealkylation sites (tertiary alicyclic amines) is 1. The molecule has 0 amide bonds. The van der Waals surface area contributed by atoms with Gasteiger partial charge in [-0.25, -0.2) is 4.79 Å². The van der Waals surface area contributed by atoms with Crippen LogP contribution in [0.1, 0.15) is 79.5 Å². The zero-order valence-electron chi connectivity index (χ0n) is 29.1. The molecular formula is C39H51N9O2. The van der Waals surface area contributed by atoms with Crippen LogP contribution in [0, 0.1) is 0 Å². The molecular weight excluding hydrogens is 626 g/mol. The van der Waals surface area contributed by atoms with E-state index >= 15 is 0 Å². The van der Waals surface area contributed by atoms with Crippen LogP contribution in [0.5, 0.6) is 6.01 Å². The van der Waals surface area contributed by atoms with Gasteiger partial charge in [-0.1, -0.05) is 61.9 Å². The van der Waals surface area contributed by atoms with Gasteiger partial charge in [0.15, 0.2) is 11.5 Å². The lowest BCUT2D eigenvalue weighted by atomic mass is 9.89. The van der Waals surface area contributed by atoms with E-state index in [0.717, 1.165) is 81.3 Å². The molecule has 0 atom stereocenters. The number of rotatable bonds is 10. The van der Waals surface area contributed by atoms with Crippen molar-refractivity contribution in [2.45, 2.75) is 70.4 Å². The number of piperidine rings is 2. The summed E-state index contributed by atoms with van der Waals surface area (Å²) < 4.78 is 7.21. The Hall–Kier alpha value is -4.87. The highest BCUT2D eigenvalue weighted by atomic mass is 16.5. The van der Waals surface area contributed by atoms with E-state index in [4.69, 9.17) is 21.9 Å². The van der Waals surface area contributed by atoms with Crippen LogP contribution in [-0.2, 0) is 13.1 Å². The zero-order chi connectivity index (χ0) is 34.9. The fourth-order valence-electron chi connectivity index (χ4n) is 6.86. The first-order valence-corrected chi connectivity index (χ1v) is 18.0. The van der Waals surface area contributed by atoms with E-state index in [1.165, 1.54) is 29.5 Å². The monoisotopic (exact) mass is 677 g/mol. The van der Waals surface area contributed by atoms with Gasteiger partial charge in [-0.3, -0.25) is 9.47 Å². The van der Waals surface area contributed by atoms with Crippen molar-refractivity contribution >= 4 is 28.4 Å². The molecule has 50 heavy (non-hydrogen) atoms. The van der Waals surface area contributed by atoms with E-state index in [-0.39, 0.29) is 17.5 Å². The second kappa shape index (κ2) is 16.7. The van der Waals surface area contributed by atoms with Gasteiger partial charge in [0.05, 0.1) is 13.2 Å². The molecule has 3 aromatic carbocycles. The number of nitrogens with zero attached hydrogens (tertiary/aromatic N) is 4. The highest BCUT2D eigenvalue weighted by Gasteiger charge is 2.21. The molecule has 2 aromatic heterocycles. The van der Waals surface area contributed by atoms with Gasteiger partial charge >= 0.3 is 11.7 Å². The standard InChI is InChI=1S/C28H35N7O2.C11H16N2/c1-2-3-16-37-27-32-25(30)24-26(33-27)35(28(36)31-24)18-20-6-4-19(5-7-20)17-34-14-12-22(13-15-34)21-8-10-23(29)11-9-21;12-11-3-1-9(2-4-11)10-5-7-13-8-6-10/h4-11,22H,2-3,12-18,29H2,1H3,(H,31,36)(H2,30,32,33);1-4,10,13H,5-8,12H2. The lowest BCUT2D eigenvalue weighted by molar-refractivity contribution is 0.204. The zero-order valence-corrected chi connectivity index (χ0v) is 29.1. The SMILES string of the molecule is CCCCOc1nc(N)c2[nH]c(=O)n(Cc3ccc(CN4CCC(c5ccc(N)cc5)CC4)cc3)c2n1.Nc1ccc(C2CCNCC2)cc1. The van der Waals surface area contributed by atoms with Crippen LogP contribution in [0.25, 0.3) is 11.2 Å². The van der Waals surface area contributed by atoms with Gasteiger partial charge in [0.25, 0.3) is 0 Å². The van der Waals surface area contributed by atoms with Gasteiger partial charge in [0.1, 0.15) is 5.52 Å². The van der Waals surface area contributed by atoms with Crippen LogP contribution in [0.4, 0.5) is 17.2 Å². The van der Waals surface area contributed by atoms with Crippen molar-refractivity contribution in [1.82, 2.24) is 29.7 Å². The highest BCUT2D eigenvalue weighted by molar-refractivity contribution is 5.82. The molecule has 7 rings (SSSR count). The molecule has 2 fully saturated rings. The minimum atomic E-state index is -0.269. The smallest absolute Gasteiger partial charge is 0.328 e. The number of fused-ring (bicyclic) bond motifs is 1. The molecule has 0 saturated carbocycles. The van der Waals surface area contributed by atoms with Gasteiger partial charge in [-0.2, -0.15) is 9.97 Å². The Morgan fingerprint density at radius 2 is 1.32 bits per heavy atom. The Labute approximate surface area is 294 Å². The number of unbranched alkanes of at least 4 members (excludes halogenated alkanes) is 1. The number of hydrogen-bond donors (Lipinski definition) is 5. The van der Waals surface area contributed by atoms with Crippen molar-refractivity contribution < 1.29 is 4.74 Å². The number of nitrogen functional groups attached to an aromatic ring is 3. The highest BCUT2D eigenvalue weighted by Crippen LogP contribution is 2.29. The number of nitrogens with one attached hydrogen (secondary N) is 2. The molecule has 0 bridgehead atoms. The first kappa shape index (κ1) is 35.0. The average Bonchev–Trinajstić information content (AvgIpc) is 3.45. The van der Waals surface area contributed by atoms with Crippen LogP contribution < -0.4 is 32.9 Å². The van der Waals surface area contributed by atoms with Crippen LogP contribution in [0.2, 0.25) is 0 Å². The summed E-state index contributed by atoms with van der Waals surface area (Å²) in [5.74, 6) is 1.55. The largest absolute Gasteiger partial charge is 0.463 e. The average molecular weight is 678 g/mol. The summed E-state index contributed by atoms with van der Waals surface area (Å²) in [4.78, 5) is 26.6.